The molecule has 3 aromatic rings. The largest absolute Gasteiger partial charge is 0.573 e. The van der Waals surface area contributed by atoms with Gasteiger partial charge >= 0.3 is 12.3 Å². The van der Waals surface area contributed by atoms with E-state index in [0.29, 0.717) is 12.4 Å². The van der Waals surface area contributed by atoms with Crippen molar-refractivity contribution >= 4 is 5.97 Å². The normalized spacial score (nSPS) is 18.1. The van der Waals surface area contributed by atoms with Crippen LogP contribution < -0.4 is 9.47 Å². The molecule has 1 fully saturated rings. The van der Waals surface area contributed by atoms with Crippen LogP contribution in [0.3, 0.4) is 0 Å². The molecule has 4 rings (SSSR count). The minimum absolute atomic E-state index is 0.120. The molecule has 0 heterocycles. The average Bonchev–Trinajstić information content (AvgIpc) is 3.63. The molecule has 38 heavy (non-hydrogen) atoms. The molecule has 0 bridgehead atoms. The number of hydrogen-bond donors (Lipinski definition) is 1. The second-order valence-corrected chi connectivity index (χ2v) is 10.2. The second kappa shape index (κ2) is 10.7. The van der Waals surface area contributed by atoms with Crippen molar-refractivity contribution in [2.75, 3.05) is 0 Å². The predicted molar refractivity (Wildman–Crippen MR) is 136 cm³/mol. The van der Waals surface area contributed by atoms with Crippen LogP contribution in [0, 0.1) is 19.8 Å². The highest BCUT2D eigenvalue weighted by molar-refractivity contribution is 5.77. The van der Waals surface area contributed by atoms with Crippen molar-refractivity contribution in [1.82, 2.24) is 0 Å². The van der Waals surface area contributed by atoms with E-state index in [0.717, 1.165) is 34.2 Å². The minimum Gasteiger partial charge on any atom is -0.478 e. The maximum absolute atomic E-state index is 12.6. The van der Waals surface area contributed by atoms with E-state index in [2.05, 4.69) is 4.74 Å². The summed E-state index contributed by atoms with van der Waals surface area (Å²) in [4.78, 5) is 11.5. The third-order valence-electron chi connectivity index (χ3n) is 6.73. The zero-order valence-corrected chi connectivity index (χ0v) is 21.7. The van der Waals surface area contributed by atoms with Gasteiger partial charge in [0.15, 0.2) is 5.60 Å². The smallest absolute Gasteiger partial charge is 0.478 e. The average molecular weight is 529 g/mol. The van der Waals surface area contributed by atoms with Crippen LogP contribution in [0.2, 0.25) is 0 Å². The number of aryl methyl sites for hydroxylation is 2. The topological polar surface area (TPSA) is 65.0 Å². The summed E-state index contributed by atoms with van der Waals surface area (Å²) in [6.07, 6.45) is -4.24. The molecule has 0 saturated heterocycles. The summed E-state index contributed by atoms with van der Waals surface area (Å²) in [5, 5.41) is 9.44. The highest BCUT2D eigenvalue weighted by atomic mass is 19.4. The molecule has 5 nitrogen and oxygen atoms in total. The third kappa shape index (κ3) is 6.67. The zero-order valence-electron chi connectivity index (χ0n) is 21.7. The number of benzene rings is 3. The highest BCUT2D eigenvalue weighted by Crippen LogP contribution is 2.56. The number of aliphatic carboxylic acids is 1. The van der Waals surface area contributed by atoms with Crippen molar-refractivity contribution in [2.45, 2.75) is 64.7 Å². The lowest BCUT2D eigenvalue weighted by Crippen LogP contribution is -2.38. The molecule has 0 spiro atoms. The quantitative estimate of drug-likeness (QED) is 0.295. The third-order valence-corrected chi connectivity index (χ3v) is 6.73. The lowest BCUT2D eigenvalue weighted by atomic mass is 9.97. The van der Waals surface area contributed by atoms with Crippen LogP contribution in [0.25, 0.3) is 0 Å². The first kappa shape index (κ1) is 27.5. The van der Waals surface area contributed by atoms with Crippen LogP contribution in [0.5, 0.6) is 11.5 Å². The Morgan fingerprint density at radius 1 is 0.974 bits per heavy atom. The number of carboxylic acid groups (broad SMARTS) is 1. The van der Waals surface area contributed by atoms with Gasteiger partial charge in [-0.1, -0.05) is 54.6 Å². The van der Waals surface area contributed by atoms with E-state index in [-0.39, 0.29) is 23.7 Å². The molecular weight excluding hydrogens is 497 g/mol. The maximum Gasteiger partial charge on any atom is 0.573 e. The van der Waals surface area contributed by atoms with Crippen molar-refractivity contribution in [1.29, 1.82) is 0 Å². The molecule has 1 saturated carbocycles. The van der Waals surface area contributed by atoms with Crippen LogP contribution >= 0.6 is 0 Å². The fourth-order valence-corrected chi connectivity index (χ4v) is 4.68. The van der Waals surface area contributed by atoms with Gasteiger partial charge in [0.2, 0.25) is 0 Å². The number of rotatable bonds is 10. The monoisotopic (exact) mass is 528 g/mol. The molecule has 1 N–H and O–H groups in total. The van der Waals surface area contributed by atoms with Gasteiger partial charge in [-0.2, -0.15) is 0 Å². The van der Waals surface area contributed by atoms with E-state index in [1.165, 1.54) is 26.0 Å². The lowest BCUT2D eigenvalue weighted by molar-refractivity contribution is -0.274. The van der Waals surface area contributed by atoms with Crippen molar-refractivity contribution in [3.05, 3.63) is 94.5 Å². The van der Waals surface area contributed by atoms with Crippen molar-refractivity contribution in [3.8, 4) is 11.5 Å². The first-order valence-electron chi connectivity index (χ1n) is 12.4. The van der Waals surface area contributed by atoms with Crippen molar-refractivity contribution in [3.63, 3.8) is 0 Å². The Hall–Kier alpha value is -3.52. The SMILES string of the molecule is Cc1cc(C2CC2C(OCc2ccccc2)c2ccc(OC(F)(F)F)cc2)cc(C)c1OC(C)(C)C(=O)O. The molecule has 0 aliphatic heterocycles. The first-order valence-corrected chi connectivity index (χ1v) is 12.4. The van der Waals surface area contributed by atoms with Crippen LogP contribution in [-0.4, -0.2) is 23.0 Å². The Kier molecular flexibility index (Phi) is 7.74. The van der Waals surface area contributed by atoms with Gasteiger partial charge in [-0.05, 0) is 85.9 Å². The van der Waals surface area contributed by atoms with Gasteiger partial charge in [0.1, 0.15) is 11.5 Å². The molecule has 0 aromatic heterocycles. The minimum atomic E-state index is -4.75. The van der Waals surface area contributed by atoms with Crippen LogP contribution in [0.1, 0.15) is 60.1 Å². The molecule has 3 atom stereocenters. The number of ether oxygens (including phenoxy) is 3. The van der Waals surface area contributed by atoms with Gasteiger partial charge in [0.25, 0.3) is 0 Å². The number of carboxylic acids is 1. The summed E-state index contributed by atoms with van der Waals surface area (Å²) in [7, 11) is 0. The Morgan fingerprint density at radius 2 is 1.58 bits per heavy atom. The van der Waals surface area contributed by atoms with Crippen LogP contribution in [-0.2, 0) is 16.1 Å². The van der Waals surface area contributed by atoms with E-state index >= 15 is 0 Å². The molecule has 1 aliphatic rings. The van der Waals surface area contributed by atoms with Gasteiger partial charge in [-0.25, -0.2) is 4.79 Å². The van der Waals surface area contributed by atoms with Crippen molar-refractivity contribution < 1.29 is 37.3 Å². The van der Waals surface area contributed by atoms with E-state index in [9.17, 15) is 23.1 Å². The molecular formula is C30H31F3O5. The fraction of sp³-hybridized carbons (Fsp3) is 0.367. The summed E-state index contributed by atoms with van der Waals surface area (Å²) in [6, 6.07) is 19.6. The van der Waals surface area contributed by atoms with Gasteiger partial charge in [-0.15, -0.1) is 13.2 Å². The van der Waals surface area contributed by atoms with E-state index < -0.39 is 17.9 Å². The van der Waals surface area contributed by atoms with E-state index in [1.807, 2.05) is 56.3 Å². The Morgan fingerprint density at radius 3 is 2.13 bits per heavy atom. The first-order chi connectivity index (χ1) is 17.8. The van der Waals surface area contributed by atoms with E-state index in [4.69, 9.17) is 9.47 Å². The number of alkyl halides is 3. The summed E-state index contributed by atoms with van der Waals surface area (Å²) in [5.41, 5.74) is 3.19. The standard InChI is InChI=1S/C30H31F3O5/c1-18-14-22(15-19(2)26(18)38-29(3,4)28(34)35)24-16-25(24)27(36-17-20-8-6-5-7-9-20)21-10-12-23(13-11-21)37-30(31,32)33/h5-15,24-25,27H,16-17H2,1-4H3,(H,34,35). The molecule has 202 valence electrons. The zero-order chi connectivity index (χ0) is 27.7. The van der Waals surface area contributed by atoms with Gasteiger partial charge in [-0.3, -0.25) is 0 Å². The molecule has 3 unspecified atom stereocenters. The summed E-state index contributed by atoms with van der Waals surface area (Å²) in [5.74, 6) is -0.473. The molecule has 3 aromatic carbocycles. The Bertz CT molecular complexity index is 1250. The van der Waals surface area contributed by atoms with Crippen molar-refractivity contribution in [2.24, 2.45) is 5.92 Å². The molecule has 0 amide bonds. The highest BCUT2D eigenvalue weighted by Gasteiger charge is 2.45. The number of hydrogen-bond acceptors (Lipinski definition) is 4. The Labute approximate surface area is 220 Å². The molecule has 1 aliphatic carbocycles. The van der Waals surface area contributed by atoms with Gasteiger partial charge < -0.3 is 19.3 Å². The Balaban J connectivity index is 1.56. The molecule has 0 radical (unpaired) electrons. The maximum atomic E-state index is 12.6. The predicted octanol–water partition coefficient (Wildman–Crippen LogP) is 7.51. The second-order valence-electron chi connectivity index (χ2n) is 10.2. The van der Waals surface area contributed by atoms with Gasteiger partial charge in [0, 0.05) is 0 Å². The van der Waals surface area contributed by atoms with E-state index in [1.54, 1.807) is 12.1 Å². The van der Waals surface area contributed by atoms with Crippen LogP contribution in [0.4, 0.5) is 13.2 Å². The number of halogens is 3. The molecule has 8 heteroatoms. The fourth-order valence-electron chi connectivity index (χ4n) is 4.68. The summed E-state index contributed by atoms with van der Waals surface area (Å²) >= 11 is 0. The lowest BCUT2D eigenvalue weighted by Gasteiger charge is -2.25. The number of carbonyl (C=O) groups is 1. The van der Waals surface area contributed by atoms with Gasteiger partial charge in [0.05, 0.1) is 12.7 Å². The van der Waals surface area contributed by atoms with Crippen LogP contribution in [0.15, 0.2) is 66.7 Å². The summed E-state index contributed by atoms with van der Waals surface area (Å²) in [6.45, 7) is 7.18. The summed E-state index contributed by atoms with van der Waals surface area (Å²) < 4.78 is 54.1.